The molecule has 0 saturated carbocycles. The van der Waals surface area contributed by atoms with Gasteiger partial charge in [-0.2, -0.15) is 0 Å². The van der Waals surface area contributed by atoms with Gasteiger partial charge in [-0.05, 0) is 42.2 Å². The lowest BCUT2D eigenvalue weighted by Gasteiger charge is -2.41. The van der Waals surface area contributed by atoms with E-state index in [0.29, 0.717) is 17.9 Å². The highest BCUT2D eigenvalue weighted by molar-refractivity contribution is 8.00. The summed E-state index contributed by atoms with van der Waals surface area (Å²) in [5.41, 5.74) is 3.51. The maximum atomic E-state index is 13.3. The molecular formula is C30H32N2O3S. The van der Waals surface area contributed by atoms with Gasteiger partial charge in [0.05, 0.1) is 11.8 Å². The molecule has 1 saturated heterocycles. The van der Waals surface area contributed by atoms with E-state index in [-0.39, 0.29) is 28.8 Å². The number of ether oxygens (including phenoxy) is 1. The van der Waals surface area contributed by atoms with Gasteiger partial charge in [0.25, 0.3) is 5.91 Å². The molecule has 0 aliphatic carbocycles. The van der Waals surface area contributed by atoms with Crippen LogP contribution in [0, 0.1) is 0 Å². The summed E-state index contributed by atoms with van der Waals surface area (Å²) >= 11 is 1.63. The van der Waals surface area contributed by atoms with Crippen LogP contribution in [0.3, 0.4) is 0 Å². The highest BCUT2D eigenvalue weighted by atomic mass is 32.2. The molecule has 1 fully saturated rings. The lowest BCUT2D eigenvalue weighted by Crippen LogP contribution is -2.44. The smallest absolute Gasteiger partial charge is 0.251 e. The molecule has 2 amide bonds. The van der Waals surface area contributed by atoms with Gasteiger partial charge in [0.15, 0.2) is 0 Å². The van der Waals surface area contributed by atoms with Crippen LogP contribution in [0.5, 0.6) is 5.75 Å². The first-order chi connectivity index (χ1) is 17.5. The first kappa shape index (κ1) is 24.4. The van der Waals surface area contributed by atoms with Gasteiger partial charge in [0.2, 0.25) is 5.91 Å². The zero-order valence-electron chi connectivity index (χ0n) is 20.8. The molecule has 5 rings (SSSR count). The van der Waals surface area contributed by atoms with E-state index in [1.807, 2.05) is 83.8 Å². The number of benzene rings is 3. The van der Waals surface area contributed by atoms with Gasteiger partial charge in [-0.15, -0.1) is 11.8 Å². The Balaban J connectivity index is 1.31. The summed E-state index contributed by atoms with van der Waals surface area (Å²) in [6.45, 7) is 4.86. The molecular weight excluding hydrogens is 468 g/mol. The van der Waals surface area contributed by atoms with Crippen molar-refractivity contribution in [3.05, 3.63) is 101 Å². The Labute approximate surface area is 217 Å². The Hall–Kier alpha value is -3.25. The Morgan fingerprint density at radius 2 is 1.69 bits per heavy atom. The Morgan fingerprint density at radius 1 is 1.00 bits per heavy atom. The standard InChI is InChI=1S/C30H32N2O3S/c1-3-30(4-2)18-25(24-12-8-9-13-26(24)35-30)31-28(34)22-14-16-23(17-15-22)29-32(27(33)20-36-29)19-21-10-6-5-7-11-21/h5-17,25,29H,3-4,18-20H2,1-2H3,(H,31,34)/t25-,29+/m0/s1. The van der Waals surface area contributed by atoms with E-state index < -0.39 is 0 Å². The monoisotopic (exact) mass is 500 g/mol. The van der Waals surface area contributed by atoms with Crippen molar-refractivity contribution in [3.63, 3.8) is 0 Å². The molecule has 2 aliphatic rings. The molecule has 6 heteroatoms. The van der Waals surface area contributed by atoms with Gasteiger partial charge in [-0.25, -0.2) is 0 Å². The van der Waals surface area contributed by atoms with E-state index in [9.17, 15) is 9.59 Å². The van der Waals surface area contributed by atoms with Gasteiger partial charge in [-0.1, -0.05) is 74.5 Å². The SMILES string of the molecule is CCC1(CC)C[C@H](NC(=O)c2ccc([C@H]3SCC(=O)N3Cc3ccccc3)cc2)c2ccccc2O1. The van der Waals surface area contributed by atoms with Crippen LogP contribution in [-0.2, 0) is 11.3 Å². The number of para-hydroxylation sites is 1. The van der Waals surface area contributed by atoms with Crippen molar-refractivity contribution in [1.29, 1.82) is 0 Å². The predicted octanol–water partition coefficient (Wildman–Crippen LogP) is 6.27. The van der Waals surface area contributed by atoms with Crippen molar-refractivity contribution >= 4 is 23.6 Å². The van der Waals surface area contributed by atoms with Crippen LogP contribution >= 0.6 is 11.8 Å². The number of nitrogens with zero attached hydrogens (tertiary/aromatic N) is 1. The third-order valence-electron chi connectivity index (χ3n) is 7.41. The summed E-state index contributed by atoms with van der Waals surface area (Å²) in [5, 5.41) is 3.21. The Bertz CT molecular complexity index is 1220. The first-order valence-electron chi connectivity index (χ1n) is 12.7. The third kappa shape index (κ3) is 4.87. The van der Waals surface area contributed by atoms with Crippen LogP contribution in [-0.4, -0.2) is 28.1 Å². The number of carbonyl (C=O) groups excluding carboxylic acids is 2. The van der Waals surface area contributed by atoms with Crippen molar-refractivity contribution in [1.82, 2.24) is 10.2 Å². The van der Waals surface area contributed by atoms with Crippen LogP contribution in [0.1, 0.15) is 71.6 Å². The molecule has 0 bridgehead atoms. The van der Waals surface area contributed by atoms with E-state index in [2.05, 4.69) is 19.2 Å². The van der Waals surface area contributed by atoms with E-state index in [1.54, 1.807) is 11.8 Å². The van der Waals surface area contributed by atoms with Gasteiger partial charge >= 0.3 is 0 Å². The Kier molecular flexibility index (Phi) is 7.06. The highest BCUT2D eigenvalue weighted by Crippen LogP contribution is 2.43. The third-order valence-corrected chi connectivity index (χ3v) is 8.67. The fourth-order valence-corrected chi connectivity index (χ4v) is 6.34. The Morgan fingerprint density at radius 3 is 2.42 bits per heavy atom. The number of hydrogen-bond acceptors (Lipinski definition) is 4. The molecule has 0 unspecified atom stereocenters. The maximum Gasteiger partial charge on any atom is 0.251 e. The average Bonchev–Trinajstić information content (AvgIpc) is 3.28. The molecule has 2 aliphatic heterocycles. The number of thioether (sulfide) groups is 1. The molecule has 5 nitrogen and oxygen atoms in total. The quantitative estimate of drug-likeness (QED) is 0.415. The second-order valence-corrected chi connectivity index (χ2v) is 10.6. The average molecular weight is 501 g/mol. The molecule has 186 valence electrons. The van der Waals surface area contributed by atoms with E-state index in [0.717, 1.165) is 41.7 Å². The van der Waals surface area contributed by atoms with Crippen LogP contribution in [0.15, 0.2) is 78.9 Å². The number of nitrogens with one attached hydrogen (secondary N) is 1. The molecule has 36 heavy (non-hydrogen) atoms. The second-order valence-electron chi connectivity index (χ2n) is 9.55. The minimum Gasteiger partial charge on any atom is -0.487 e. The summed E-state index contributed by atoms with van der Waals surface area (Å²) in [6, 6.07) is 25.6. The van der Waals surface area contributed by atoms with Gasteiger partial charge in [0, 0.05) is 24.1 Å². The van der Waals surface area contributed by atoms with Crippen LogP contribution in [0.2, 0.25) is 0 Å². The van der Waals surface area contributed by atoms with Crippen LogP contribution < -0.4 is 10.1 Å². The molecule has 0 radical (unpaired) electrons. The molecule has 1 N–H and O–H groups in total. The number of rotatable bonds is 7. The summed E-state index contributed by atoms with van der Waals surface area (Å²) in [6.07, 6.45) is 2.52. The molecule has 2 heterocycles. The molecule has 0 spiro atoms. The van der Waals surface area contributed by atoms with Crippen molar-refractivity contribution in [2.75, 3.05) is 5.75 Å². The summed E-state index contributed by atoms with van der Waals surface area (Å²) < 4.78 is 6.38. The zero-order chi connectivity index (χ0) is 25.1. The number of fused-ring (bicyclic) bond motifs is 1. The predicted molar refractivity (Wildman–Crippen MR) is 144 cm³/mol. The summed E-state index contributed by atoms with van der Waals surface area (Å²) in [7, 11) is 0. The lowest BCUT2D eigenvalue weighted by molar-refractivity contribution is -0.128. The largest absolute Gasteiger partial charge is 0.487 e. The molecule has 3 aromatic rings. The second kappa shape index (κ2) is 10.4. The number of amides is 2. The van der Waals surface area contributed by atoms with Crippen molar-refractivity contribution in [3.8, 4) is 5.75 Å². The fourth-order valence-electron chi connectivity index (χ4n) is 5.15. The minimum absolute atomic E-state index is 0.0492. The van der Waals surface area contributed by atoms with Crippen LogP contribution in [0.4, 0.5) is 0 Å². The molecule has 0 aromatic heterocycles. The van der Waals surface area contributed by atoms with Crippen molar-refractivity contribution in [2.24, 2.45) is 0 Å². The zero-order valence-corrected chi connectivity index (χ0v) is 21.6. The lowest BCUT2D eigenvalue weighted by atomic mass is 9.83. The van der Waals surface area contributed by atoms with Crippen molar-refractivity contribution < 1.29 is 14.3 Å². The maximum absolute atomic E-state index is 13.3. The summed E-state index contributed by atoms with van der Waals surface area (Å²) in [4.78, 5) is 27.8. The van der Waals surface area contributed by atoms with Crippen molar-refractivity contribution in [2.45, 2.75) is 56.7 Å². The van der Waals surface area contributed by atoms with E-state index in [4.69, 9.17) is 4.74 Å². The highest BCUT2D eigenvalue weighted by Gasteiger charge is 2.39. The molecule has 3 aromatic carbocycles. The molecule has 2 atom stereocenters. The topological polar surface area (TPSA) is 58.6 Å². The number of hydrogen-bond donors (Lipinski definition) is 1. The fraction of sp³-hybridized carbons (Fsp3) is 0.333. The normalized spacial score (nSPS) is 20.5. The van der Waals surface area contributed by atoms with E-state index in [1.165, 1.54) is 0 Å². The minimum atomic E-state index is -0.273. The van der Waals surface area contributed by atoms with Gasteiger partial charge in [0.1, 0.15) is 16.7 Å². The van der Waals surface area contributed by atoms with Gasteiger partial charge in [-0.3, -0.25) is 9.59 Å². The van der Waals surface area contributed by atoms with Gasteiger partial charge < -0.3 is 15.0 Å². The first-order valence-corrected chi connectivity index (χ1v) is 13.7. The van der Waals surface area contributed by atoms with E-state index >= 15 is 0 Å². The van der Waals surface area contributed by atoms with Crippen LogP contribution in [0.25, 0.3) is 0 Å². The number of carbonyl (C=O) groups is 2. The summed E-state index contributed by atoms with van der Waals surface area (Å²) in [5.74, 6) is 1.37.